The Kier molecular flexibility index (Phi) is 6.33. The van der Waals surface area contributed by atoms with E-state index >= 15 is 0 Å². The second-order valence-corrected chi connectivity index (χ2v) is 9.77. The highest BCUT2D eigenvalue weighted by Gasteiger charge is 2.30. The number of carboxylic acid groups (broad SMARTS) is 1. The maximum Gasteiger partial charge on any atom is 0.308 e. The first-order chi connectivity index (χ1) is 13.3. The van der Waals surface area contributed by atoms with Gasteiger partial charge in [0.05, 0.1) is 13.5 Å². The predicted octanol–water partition coefficient (Wildman–Crippen LogP) is 2.03. The second kappa shape index (κ2) is 8.56. The number of hydrogen-bond donors (Lipinski definition) is 1. The van der Waals surface area contributed by atoms with Crippen molar-refractivity contribution in [3.05, 3.63) is 46.6 Å². The van der Waals surface area contributed by atoms with Crippen LogP contribution in [0.25, 0.3) is 0 Å². The first-order valence-electron chi connectivity index (χ1n) is 8.65. The van der Waals surface area contributed by atoms with E-state index in [-0.39, 0.29) is 16.4 Å². The number of ether oxygens (including phenoxy) is 1. The Balaban J connectivity index is 1.60. The second-order valence-electron chi connectivity index (χ2n) is 6.44. The molecule has 2 aromatic rings. The standard InChI is InChI=1S/C18H21FN2O5S2/c1-26-16-4-2-13(10-15(16)19)12-20-6-8-21(9-7-20)28(24,25)18-5-3-14(27-18)11-17(22)23/h2-5,10H,6-9,11-12H2,1H3,(H,22,23). The number of aliphatic carboxylic acids is 1. The number of sulfonamides is 1. The molecule has 0 amide bonds. The van der Waals surface area contributed by atoms with Crippen LogP contribution in [0.2, 0.25) is 0 Å². The summed E-state index contributed by atoms with van der Waals surface area (Å²) in [6.45, 7) is 2.23. The van der Waals surface area contributed by atoms with Crippen molar-refractivity contribution in [3.63, 3.8) is 0 Å². The smallest absolute Gasteiger partial charge is 0.308 e. The molecule has 28 heavy (non-hydrogen) atoms. The lowest BCUT2D eigenvalue weighted by Crippen LogP contribution is -2.48. The van der Waals surface area contributed by atoms with Crippen LogP contribution >= 0.6 is 11.3 Å². The number of methoxy groups -OCH3 is 1. The van der Waals surface area contributed by atoms with Gasteiger partial charge < -0.3 is 9.84 Å². The van der Waals surface area contributed by atoms with Crippen LogP contribution in [0.3, 0.4) is 0 Å². The molecule has 1 aliphatic rings. The fraction of sp³-hybridized carbons (Fsp3) is 0.389. The Morgan fingerprint density at radius 3 is 2.54 bits per heavy atom. The van der Waals surface area contributed by atoms with Crippen LogP contribution in [-0.4, -0.2) is 62.0 Å². The average Bonchev–Trinajstić information content (AvgIpc) is 3.11. The van der Waals surface area contributed by atoms with Gasteiger partial charge in [0.1, 0.15) is 4.21 Å². The van der Waals surface area contributed by atoms with Gasteiger partial charge in [0.15, 0.2) is 11.6 Å². The van der Waals surface area contributed by atoms with Crippen LogP contribution < -0.4 is 4.74 Å². The molecule has 1 aromatic heterocycles. The molecule has 10 heteroatoms. The van der Waals surface area contributed by atoms with Crippen molar-refractivity contribution in [2.45, 2.75) is 17.2 Å². The van der Waals surface area contributed by atoms with Gasteiger partial charge in [-0.2, -0.15) is 4.31 Å². The third-order valence-corrected chi connectivity index (χ3v) is 7.96. The molecule has 1 fully saturated rings. The molecule has 2 heterocycles. The minimum Gasteiger partial charge on any atom is -0.494 e. The van der Waals surface area contributed by atoms with Crippen molar-refractivity contribution in [1.29, 1.82) is 0 Å². The van der Waals surface area contributed by atoms with Crippen LogP contribution in [0.15, 0.2) is 34.5 Å². The van der Waals surface area contributed by atoms with E-state index in [0.29, 0.717) is 37.6 Å². The van der Waals surface area contributed by atoms with Gasteiger partial charge in [-0.15, -0.1) is 11.3 Å². The summed E-state index contributed by atoms with van der Waals surface area (Å²) in [5.74, 6) is -1.22. The maximum absolute atomic E-state index is 13.8. The highest BCUT2D eigenvalue weighted by atomic mass is 32.2. The van der Waals surface area contributed by atoms with Gasteiger partial charge in [0.25, 0.3) is 10.0 Å². The largest absolute Gasteiger partial charge is 0.494 e. The lowest BCUT2D eigenvalue weighted by molar-refractivity contribution is -0.136. The zero-order valence-electron chi connectivity index (χ0n) is 15.3. The Bertz CT molecular complexity index is 953. The summed E-state index contributed by atoms with van der Waals surface area (Å²) in [7, 11) is -2.22. The molecule has 0 aliphatic carbocycles. The van der Waals surface area contributed by atoms with Crippen molar-refractivity contribution in [3.8, 4) is 5.75 Å². The van der Waals surface area contributed by atoms with Gasteiger partial charge in [-0.1, -0.05) is 6.07 Å². The maximum atomic E-state index is 13.8. The monoisotopic (exact) mass is 428 g/mol. The van der Waals surface area contributed by atoms with Crippen molar-refractivity contribution in [2.75, 3.05) is 33.3 Å². The zero-order valence-corrected chi connectivity index (χ0v) is 16.9. The molecule has 3 rings (SSSR count). The van der Waals surface area contributed by atoms with Crippen LogP contribution in [0.4, 0.5) is 4.39 Å². The van der Waals surface area contributed by atoms with Crippen LogP contribution in [-0.2, 0) is 27.8 Å². The van der Waals surface area contributed by atoms with Gasteiger partial charge in [-0.3, -0.25) is 9.69 Å². The molecular formula is C18H21FN2O5S2. The van der Waals surface area contributed by atoms with E-state index in [1.807, 2.05) is 0 Å². The summed E-state index contributed by atoms with van der Waals surface area (Å²) in [5, 5.41) is 8.84. The molecule has 0 bridgehead atoms. The van der Waals surface area contributed by atoms with E-state index < -0.39 is 21.8 Å². The normalized spacial score (nSPS) is 16.2. The van der Waals surface area contributed by atoms with E-state index in [9.17, 15) is 17.6 Å². The predicted molar refractivity (Wildman–Crippen MR) is 103 cm³/mol. The molecule has 0 radical (unpaired) electrons. The van der Waals surface area contributed by atoms with E-state index in [2.05, 4.69) is 4.90 Å². The van der Waals surface area contributed by atoms with Crippen LogP contribution in [0.5, 0.6) is 5.75 Å². The van der Waals surface area contributed by atoms with E-state index in [1.165, 1.54) is 23.5 Å². The van der Waals surface area contributed by atoms with Crippen molar-refractivity contribution < 1.29 is 27.4 Å². The zero-order chi connectivity index (χ0) is 20.3. The molecule has 1 aliphatic heterocycles. The number of piperazine rings is 1. The van der Waals surface area contributed by atoms with Gasteiger partial charge in [0.2, 0.25) is 0 Å². The Morgan fingerprint density at radius 1 is 1.21 bits per heavy atom. The fourth-order valence-corrected chi connectivity index (χ4v) is 5.99. The summed E-state index contributed by atoms with van der Waals surface area (Å²) >= 11 is 0.993. The number of rotatable bonds is 7. The van der Waals surface area contributed by atoms with E-state index in [4.69, 9.17) is 9.84 Å². The third kappa shape index (κ3) is 4.69. The molecule has 0 spiro atoms. The van der Waals surface area contributed by atoms with Crippen molar-refractivity contribution in [2.24, 2.45) is 0 Å². The Morgan fingerprint density at radius 2 is 1.93 bits per heavy atom. The summed E-state index contributed by atoms with van der Waals surface area (Å²) < 4.78 is 45.9. The average molecular weight is 429 g/mol. The summed E-state index contributed by atoms with van der Waals surface area (Å²) in [6, 6.07) is 7.81. The molecule has 152 valence electrons. The Labute approximate surface area is 167 Å². The van der Waals surface area contributed by atoms with Gasteiger partial charge in [-0.25, -0.2) is 12.8 Å². The molecule has 0 atom stereocenters. The number of carbonyl (C=O) groups is 1. The molecule has 1 N–H and O–H groups in total. The molecule has 1 saturated heterocycles. The SMILES string of the molecule is COc1ccc(CN2CCN(S(=O)(=O)c3ccc(CC(=O)O)s3)CC2)cc1F. The van der Waals surface area contributed by atoms with Gasteiger partial charge in [0, 0.05) is 37.6 Å². The molecule has 0 unspecified atom stereocenters. The number of carboxylic acids is 1. The fourth-order valence-electron chi connectivity index (χ4n) is 3.06. The van der Waals surface area contributed by atoms with Crippen LogP contribution in [0, 0.1) is 5.82 Å². The minimum absolute atomic E-state index is 0.162. The van der Waals surface area contributed by atoms with Gasteiger partial charge >= 0.3 is 5.97 Å². The number of benzene rings is 1. The number of thiophene rings is 1. The summed E-state index contributed by atoms with van der Waals surface area (Å²) in [6.07, 6.45) is -0.188. The van der Waals surface area contributed by atoms with E-state index in [0.717, 1.165) is 16.9 Å². The highest BCUT2D eigenvalue weighted by Crippen LogP contribution is 2.26. The van der Waals surface area contributed by atoms with Gasteiger partial charge in [-0.05, 0) is 29.8 Å². The topological polar surface area (TPSA) is 87.2 Å². The van der Waals surface area contributed by atoms with Crippen molar-refractivity contribution >= 4 is 27.3 Å². The molecule has 0 saturated carbocycles. The highest BCUT2D eigenvalue weighted by molar-refractivity contribution is 7.91. The molecule has 1 aromatic carbocycles. The molecule has 7 nitrogen and oxygen atoms in total. The Hall–Kier alpha value is -2.01. The summed E-state index contributed by atoms with van der Waals surface area (Å²) in [4.78, 5) is 13.4. The number of hydrogen-bond acceptors (Lipinski definition) is 6. The minimum atomic E-state index is -3.63. The number of nitrogens with zero attached hydrogens (tertiary/aromatic N) is 2. The molecular weight excluding hydrogens is 407 g/mol. The van der Waals surface area contributed by atoms with Crippen LogP contribution in [0.1, 0.15) is 10.4 Å². The third-order valence-electron chi connectivity index (χ3n) is 4.51. The first-order valence-corrected chi connectivity index (χ1v) is 10.9. The first kappa shape index (κ1) is 20.7. The lowest BCUT2D eigenvalue weighted by atomic mass is 10.2. The van der Waals surface area contributed by atoms with E-state index in [1.54, 1.807) is 18.2 Å². The summed E-state index contributed by atoms with van der Waals surface area (Å²) in [5.41, 5.74) is 0.797. The lowest BCUT2D eigenvalue weighted by Gasteiger charge is -2.33. The number of halogens is 1. The van der Waals surface area contributed by atoms with Crippen molar-refractivity contribution in [1.82, 2.24) is 9.21 Å². The quantitative estimate of drug-likeness (QED) is 0.726.